The van der Waals surface area contributed by atoms with Crippen molar-refractivity contribution < 1.29 is 9.53 Å². The van der Waals surface area contributed by atoms with Crippen molar-refractivity contribution in [1.82, 2.24) is 19.9 Å². The van der Waals surface area contributed by atoms with Crippen molar-refractivity contribution in [2.45, 2.75) is 32.4 Å². The topological polar surface area (TPSA) is 95.1 Å². The Bertz CT molecular complexity index is 1380. The third-order valence-electron chi connectivity index (χ3n) is 5.80. The van der Waals surface area contributed by atoms with Crippen LogP contribution in [-0.2, 0) is 17.8 Å². The second-order valence-electron chi connectivity index (χ2n) is 7.91. The predicted octanol–water partition coefficient (Wildman–Crippen LogP) is 3.93. The summed E-state index contributed by atoms with van der Waals surface area (Å²) >= 11 is 0. The highest BCUT2D eigenvalue weighted by Crippen LogP contribution is 2.39. The van der Waals surface area contributed by atoms with Gasteiger partial charge in [-0.3, -0.25) is 4.79 Å². The average Bonchev–Trinajstić information content (AvgIpc) is 3.15. The van der Waals surface area contributed by atoms with Crippen LogP contribution in [0.3, 0.4) is 0 Å². The summed E-state index contributed by atoms with van der Waals surface area (Å²) in [6, 6.07) is 17.6. The third-order valence-corrected chi connectivity index (χ3v) is 5.80. The summed E-state index contributed by atoms with van der Waals surface area (Å²) in [7, 11) is 0. The highest BCUT2D eigenvalue weighted by atomic mass is 16.5. The highest BCUT2D eigenvalue weighted by molar-refractivity contribution is 6.02. The molecule has 7 nitrogen and oxygen atoms in total. The summed E-state index contributed by atoms with van der Waals surface area (Å²) in [6.45, 7) is 2.26. The predicted molar refractivity (Wildman–Crippen MR) is 128 cm³/mol. The van der Waals surface area contributed by atoms with Crippen molar-refractivity contribution in [3.8, 4) is 34.5 Å². The van der Waals surface area contributed by atoms with E-state index in [0.717, 1.165) is 52.2 Å². The summed E-state index contributed by atoms with van der Waals surface area (Å²) < 4.78 is 8.08. The number of anilines is 1. The molecular formula is C26H23N5O2. The maximum Gasteiger partial charge on any atom is 0.296 e. The first-order chi connectivity index (χ1) is 16.1. The lowest BCUT2D eigenvalue weighted by Gasteiger charge is -2.26. The first kappa shape index (κ1) is 20.6. The molecule has 7 heteroatoms. The second-order valence-corrected chi connectivity index (χ2v) is 7.91. The van der Waals surface area contributed by atoms with Crippen LogP contribution in [0.25, 0.3) is 22.2 Å². The number of para-hydroxylation sites is 1. The van der Waals surface area contributed by atoms with Gasteiger partial charge < -0.3 is 20.4 Å². The molecule has 0 aliphatic carbocycles. The molecule has 1 atom stereocenters. The molecular weight excluding hydrogens is 414 g/mol. The second kappa shape index (κ2) is 8.67. The lowest BCUT2D eigenvalue weighted by molar-refractivity contribution is -0.116. The van der Waals surface area contributed by atoms with E-state index >= 15 is 0 Å². The van der Waals surface area contributed by atoms with E-state index in [1.165, 1.54) is 6.33 Å². The number of hydrogen-bond donors (Lipinski definition) is 2. The number of carbonyl (C=O) groups excluding carboxylic acids is 1. The minimum Gasteiger partial charge on any atom is -0.457 e. The van der Waals surface area contributed by atoms with Crippen LogP contribution >= 0.6 is 0 Å². The first-order valence-corrected chi connectivity index (χ1v) is 10.8. The van der Waals surface area contributed by atoms with Crippen molar-refractivity contribution in [3.05, 3.63) is 66.6 Å². The van der Waals surface area contributed by atoms with Crippen LogP contribution in [0.5, 0.6) is 11.5 Å². The molecule has 1 aliphatic heterocycles. The van der Waals surface area contributed by atoms with E-state index in [1.807, 2.05) is 54.6 Å². The van der Waals surface area contributed by atoms with Gasteiger partial charge in [-0.1, -0.05) is 36.3 Å². The maximum absolute atomic E-state index is 12.0. The molecule has 5 rings (SSSR count). The molecule has 1 amide bonds. The zero-order valence-corrected chi connectivity index (χ0v) is 18.2. The number of fused-ring (bicyclic) bond motifs is 3. The Morgan fingerprint density at radius 1 is 1.12 bits per heavy atom. The quantitative estimate of drug-likeness (QED) is 0.472. The number of benzene rings is 2. The molecule has 0 saturated carbocycles. The van der Waals surface area contributed by atoms with Gasteiger partial charge in [0, 0.05) is 23.8 Å². The van der Waals surface area contributed by atoms with Crippen LogP contribution in [0, 0.1) is 11.8 Å². The number of nitrogens with zero attached hydrogens (tertiary/aromatic N) is 3. The average molecular weight is 438 g/mol. The van der Waals surface area contributed by atoms with E-state index in [1.54, 1.807) is 6.92 Å². The van der Waals surface area contributed by atoms with Crippen LogP contribution in [0.1, 0.15) is 19.0 Å². The number of rotatable bonds is 4. The largest absolute Gasteiger partial charge is 0.457 e. The van der Waals surface area contributed by atoms with Crippen molar-refractivity contribution in [1.29, 1.82) is 0 Å². The van der Waals surface area contributed by atoms with Crippen LogP contribution in [0.4, 0.5) is 5.82 Å². The fraction of sp³-hybridized carbons (Fsp3) is 0.192. The van der Waals surface area contributed by atoms with E-state index in [9.17, 15) is 4.79 Å². The van der Waals surface area contributed by atoms with Gasteiger partial charge in [0.1, 0.15) is 29.3 Å². The first-order valence-electron chi connectivity index (χ1n) is 10.8. The van der Waals surface area contributed by atoms with Gasteiger partial charge in [-0.05, 0) is 55.5 Å². The van der Waals surface area contributed by atoms with E-state index in [4.69, 9.17) is 10.5 Å². The van der Waals surface area contributed by atoms with Crippen molar-refractivity contribution in [2.24, 2.45) is 0 Å². The molecule has 0 spiro atoms. The van der Waals surface area contributed by atoms with Gasteiger partial charge in [0.25, 0.3) is 5.91 Å². The molecule has 0 saturated heterocycles. The summed E-state index contributed by atoms with van der Waals surface area (Å²) in [6.07, 6.45) is 3.07. The molecule has 0 bridgehead atoms. The van der Waals surface area contributed by atoms with Crippen molar-refractivity contribution in [2.75, 3.05) is 5.73 Å². The van der Waals surface area contributed by atoms with Crippen LogP contribution in [-0.4, -0.2) is 26.5 Å². The molecule has 164 valence electrons. The van der Waals surface area contributed by atoms with Gasteiger partial charge in [-0.25, -0.2) is 9.97 Å². The Labute approximate surface area is 191 Å². The molecule has 3 heterocycles. The minimum absolute atomic E-state index is 0.0212. The number of nitrogen functional groups attached to an aromatic ring is 1. The lowest BCUT2D eigenvalue weighted by atomic mass is 9.97. The summed E-state index contributed by atoms with van der Waals surface area (Å²) in [4.78, 5) is 20.8. The molecule has 3 N–H and O–H groups in total. The normalized spacial score (nSPS) is 14.8. The molecule has 33 heavy (non-hydrogen) atoms. The SMILES string of the molecule is CC#CC(=O)NC1CCc2c(-c3ccc(Oc4ccccc4)cc3)c3c(N)ncnc3n2C1. The number of aromatic nitrogens is 3. The highest BCUT2D eigenvalue weighted by Gasteiger charge is 2.28. The zero-order valence-electron chi connectivity index (χ0n) is 18.2. The van der Waals surface area contributed by atoms with E-state index < -0.39 is 0 Å². The Morgan fingerprint density at radius 2 is 1.88 bits per heavy atom. The van der Waals surface area contributed by atoms with Crippen molar-refractivity contribution >= 4 is 22.8 Å². The van der Waals surface area contributed by atoms with Crippen LogP contribution in [0.15, 0.2) is 60.9 Å². The molecule has 2 aromatic carbocycles. The zero-order chi connectivity index (χ0) is 22.8. The fourth-order valence-corrected chi connectivity index (χ4v) is 4.40. The lowest BCUT2D eigenvalue weighted by Crippen LogP contribution is -2.40. The van der Waals surface area contributed by atoms with Gasteiger partial charge in [0.2, 0.25) is 0 Å². The number of carbonyl (C=O) groups is 1. The Hall–Kier alpha value is -4.31. The monoisotopic (exact) mass is 437 g/mol. The Balaban J connectivity index is 1.51. The van der Waals surface area contributed by atoms with Crippen LogP contribution < -0.4 is 15.8 Å². The van der Waals surface area contributed by atoms with Gasteiger partial charge in [0.05, 0.1) is 5.39 Å². The van der Waals surface area contributed by atoms with Gasteiger partial charge in [0.15, 0.2) is 0 Å². The number of nitrogens with two attached hydrogens (primary N) is 1. The molecule has 1 aliphatic rings. The Kier molecular flexibility index (Phi) is 5.41. The standard InChI is InChI=1S/C26H23N5O2/c1-2-6-22(32)30-18-11-14-21-23(24-25(27)28-16-29-26(24)31(21)15-18)17-9-12-20(13-10-17)33-19-7-4-3-5-8-19/h3-5,7-10,12-13,16,18H,11,14-15H2,1H3,(H,30,32)(H2,27,28,29). The van der Waals surface area contributed by atoms with Crippen molar-refractivity contribution in [3.63, 3.8) is 0 Å². The van der Waals surface area contributed by atoms with E-state index in [2.05, 4.69) is 31.7 Å². The fourth-order valence-electron chi connectivity index (χ4n) is 4.40. The minimum atomic E-state index is -0.259. The number of amides is 1. The van der Waals surface area contributed by atoms with Gasteiger partial charge in [-0.15, -0.1) is 0 Å². The van der Waals surface area contributed by atoms with Gasteiger partial charge in [-0.2, -0.15) is 0 Å². The molecule has 0 fully saturated rings. The Morgan fingerprint density at radius 3 is 2.64 bits per heavy atom. The molecule has 0 radical (unpaired) electrons. The molecule has 4 aromatic rings. The van der Waals surface area contributed by atoms with Crippen LogP contribution in [0.2, 0.25) is 0 Å². The summed E-state index contributed by atoms with van der Waals surface area (Å²) in [5.41, 5.74) is 10.3. The smallest absolute Gasteiger partial charge is 0.296 e. The maximum atomic E-state index is 12.0. The third kappa shape index (κ3) is 3.99. The summed E-state index contributed by atoms with van der Waals surface area (Å²) in [5, 5.41) is 3.83. The van der Waals surface area contributed by atoms with E-state index in [0.29, 0.717) is 12.4 Å². The van der Waals surface area contributed by atoms with E-state index in [-0.39, 0.29) is 11.9 Å². The molecule has 2 aromatic heterocycles. The number of hydrogen-bond acceptors (Lipinski definition) is 5. The number of ether oxygens (including phenoxy) is 1. The van der Waals surface area contributed by atoms with Gasteiger partial charge >= 0.3 is 0 Å². The molecule has 1 unspecified atom stereocenters. The summed E-state index contributed by atoms with van der Waals surface area (Å²) in [5.74, 6) is 6.92. The number of nitrogens with one attached hydrogen (secondary N) is 1.